The zero-order valence-electron chi connectivity index (χ0n) is 5.10. The van der Waals surface area contributed by atoms with Gasteiger partial charge in [-0.15, -0.1) is 5.38 Å². The van der Waals surface area contributed by atoms with Crippen LogP contribution in [0.25, 0.3) is 0 Å². The number of hydrogen-bond donors (Lipinski definition) is 0. The van der Waals surface area contributed by atoms with Gasteiger partial charge in [-0.1, -0.05) is 0 Å². The summed E-state index contributed by atoms with van der Waals surface area (Å²) in [5.41, 5.74) is 0. The molecule has 0 bridgehead atoms. The third-order valence-corrected chi connectivity index (χ3v) is 0.944. The topological polar surface area (TPSA) is 0 Å². The van der Waals surface area contributed by atoms with E-state index < -0.39 is 0 Å². The number of rotatable bonds is 0. The van der Waals surface area contributed by atoms with Gasteiger partial charge in [0.05, 0.1) is 0 Å². The molecule has 0 amide bonds. The molecule has 0 aliphatic carbocycles. The molecule has 0 aromatic carbocycles. The summed E-state index contributed by atoms with van der Waals surface area (Å²) < 4.78 is 0. The molecule has 1 rings (SSSR count). The third kappa shape index (κ3) is 12.8. The standard InChI is InChI=1S/C4H3S.2ClH.Li.Mg/c1-2-4-5-3-1;;;;/h1-3H;2*1H;;/q-1;;;+1;+2/p-2. The number of halogens is 2. The van der Waals surface area contributed by atoms with Crippen LogP contribution >= 0.6 is 11.3 Å². The molecule has 0 radical (unpaired) electrons. The second kappa shape index (κ2) is 16.3. The first-order valence-electron chi connectivity index (χ1n) is 1.40. The molecular formula is C4H3Cl2LiMgS. The van der Waals surface area contributed by atoms with Crippen LogP contribution in [0.1, 0.15) is 0 Å². The molecule has 0 atom stereocenters. The molecule has 1 heterocycles. The molecule has 0 saturated heterocycles. The van der Waals surface area contributed by atoms with E-state index in [-0.39, 0.29) is 66.7 Å². The van der Waals surface area contributed by atoms with Gasteiger partial charge < -0.3 is 36.2 Å². The van der Waals surface area contributed by atoms with Gasteiger partial charge >= 0.3 is 41.9 Å². The van der Waals surface area contributed by atoms with Gasteiger partial charge in [-0.05, 0) is 0 Å². The van der Waals surface area contributed by atoms with E-state index in [1.165, 1.54) is 0 Å². The molecule has 1 aromatic heterocycles. The summed E-state index contributed by atoms with van der Waals surface area (Å²) in [6.07, 6.45) is 0. The molecule has 0 nitrogen and oxygen atoms in total. The van der Waals surface area contributed by atoms with Crippen molar-refractivity contribution in [2.24, 2.45) is 0 Å². The summed E-state index contributed by atoms with van der Waals surface area (Å²) in [6, 6.07) is 3.86. The molecule has 0 N–H and O–H groups in total. The van der Waals surface area contributed by atoms with Crippen molar-refractivity contribution >= 4 is 34.4 Å². The largest absolute Gasteiger partial charge is 2.00 e. The van der Waals surface area contributed by atoms with Gasteiger partial charge in [-0.3, -0.25) is 0 Å². The summed E-state index contributed by atoms with van der Waals surface area (Å²) in [5, 5.41) is 4.89. The van der Waals surface area contributed by atoms with Gasteiger partial charge in [-0.25, -0.2) is 6.07 Å². The van der Waals surface area contributed by atoms with E-state index in [1.807, 2.05) is 17.5 Å². The minimum absolute atomic E-state index is 0. The zero-order valence-corrected chi connectivity index (χ0v) is 8.85. The second-order valence-corrected chi connectivity index (χ2v) is 1.47. The quantitative estimate of drug-likeness (QED) is 0.278. The van der Waals surface area contributed by atoms with Gasteiger partial charge in [0.2, 0.25) is 0 Å². The van der Waals surface area contributed by atoms with Crippen LogP contribution in [0.3, 0.4) is 0 Å². The Hall–Kier alpha value is 1.64. The minimum Gasteiger partial charge on any atom is -1.00 e. The molecule has 0 aliphatic heterocycles. The summed E-state index contributed by atoms with van der Waals surface area (Å²) >= 11 is 1.59. The summed E-state index contributed by atoms with van der Waals surface area (Å²) in [7, 11) is 0. The monoisotopic (exact) mass is 184 g/mol. The van der Waals surface area contributed by atoms with Crippen molar-refractivity contribution in [2.45, 2.75) is 0 Å². The maximum absolute atomic E-state index is 2.90. The van der Waals surface area contributed by atoms with Crippen LogP contribution in [0.15, 0.2) is 17.5 Å². The van der Waals surface area contributed by atoms with E-state index >= 15 is 0 Å². The van der Waals surface area contributed by atoms with Crippen molar-refractivity contribution in [1.29, 1.82) is 0 Å². The predicted molar refractivity (Wildman–Crippen MR) is 28.9 cm³/mol. The van der Waals surface area contributed by atoms with E-state index in [4.69, 9.17) is 0 Å². The first-order chi connectivity index (χ1) is 2.50. The molecule has 1 aromatic rings. The smallest absolute Gasteiger partial charge is 1.00 e. The fraction of sp³-hybridized carbons (Fsp3) is 0. The van der Waals surface area contributed by atoms with Crippen molar-refractivity contribution < 1.29 is 43.7 Å². The first-order valence-corrected chi connectivity index (χ1v) is 2.27. The number of hydrogen-bond acceptors (Lipinski definition) is 1. The predicted octanol–water partition coefficient (Wildman–Crippen LogP) is -7.82. The molecule has 42 valence electrons. The van der Waals surface area contributed by atoms with E-state index in [0.29, 0.717) is 0 Å². The van der Waals surface area contributed by atoms with Crippen LogP contribution in [0.4, 0.5) is 0 Å². The van der Waals surface area contributed by atoms with Crippen molar-refractivity contribution in [3.8, 4) is 0 Å². The Morgan fingerprint density at radius 1 is 1.22 bits per heavy atom. The van der Waals surface area contributed by atoms with Gasteiger partial charge in [-0.2, -0.15) is 11.4 Å². The van der Waals surface area contributed by atoms with Crippen LogP contribution in [0.2, 0.25) is 0 Å². The fourth-order valence-electron chi connectivity index (χ4n) is 0.196. The molecule has 0 saturated carbocycles. The molecule has 0 aliphatic rings. The summed E-state index contributed by atoms with van der Waals surface area (Å²) in [5.74, 6) is 0. The van der Waals surface area contributed by atoms with E-state index in [0.717, 1.165) is 0 Å². The van der Waals surface area contributed by atoms with Gasteiger partial charge in [0.25, 0.3) is 0 Å². The molecule has 0 spiro atoms. The van der Waals surface area contributed by atoms with Crippen LogP contribution in [-0.2, 0) is 0 Å². The Morgan fingerprint density at radius 2 is 1.78 bits per heavy atom. The Morgan fingerprint density at radius 3 is 1.89 bits per heavy atom. The fourth-order valence-corrected chi connectivity index (χ4v) is 0.589. The molecule has 9 heavy (non-hydrogen) atoms. The third-order valence-electron chi connectivity index (χ3n) is 0.379. The van der Waals surface area contributed by atoms with Crippen LogP contribution in [-0.4, -0.2) is 23.1 Å². The minimum atomic E-state index is 0. The zero-order chi connectivity index (χ0) is 3.54. The number of thiophene rings is 1. The Kier molecular flexibility index (Phi) is 40.7. The molecule has 5 heteroatoms. The summed E-state index contributed by atoms with van der Waals surface area (Å²) in [6.45, 7) is 0. The Bertz CT molecular complexity index is 75.0. The Balaban J connectivity index is -0.0000000312. The van der Waals surface area contributed by atoms with E-state index in [2.05, 4.69) is 5.38 Å². The van der Waals surface area contributed by atoms with Crippen LogP contribution in [0.5, 0.6) is 0 Å². The van der Waals surface area contributed by atoms with Crippen molar-refractivity contribution in [2.75, 3.05) is 0 Å². The first kappa shape index (κ1) is 22.4. The van der Waals surface area contributed by atoms with Crippen molar-refractivity contribution in [3.05, 3.63) is 22.9 Å². The van der Waals surface area contributed by atoms with Gasteiger partial charge in [0.1, 0.15) is 0 Å². The average Bonchev–Trinajstić information content (AvgIpc) is 1.76. The maximum atomic E-state index is 2.90. The Labute approximate surface area is 99.9 Å². The van der Waals surface area contributed by atoms with Crippen LogP contribution in [0, 0.1) is 5.38 Å². The van der Waals surface area contributed by atoms with E-state index in [1.54, 1.807) is 11.3 Å². The normalized spacial score (nSPS) is 4.44. The van der Waals surface area contributed by atoms with Crippen molar-refractivity contribution in [3.63, 3.8) is 0 Å². The summed E-state index contributed by atoms with van der Waals surface area (Å²) in [4.78, 5) is 0. The molecule has 0 fully saturated rings. The maximum Gasteiger partial charge on any atom is 2.00 e. The molecular weight excluding hydrogens is 182 g/mol. The average molecular weight is 185 g/mol. The van der Waals surface area contributed by atoms with Crippen molar-refractivity contribution in [1.82, 2.24) is 0 Å². The SMILES string of the molecule is [Cl-].[Cl-].[Li+].[Mg+2].[c-]1cccs1. The molecule has 0 unspecified atom stereocenters. The van der Waals surface area contributed by atoms with Crippen LogP contribution < -0.4 is 43.7 Å². The van der Waals surface area contributed by atoms with Gasteiger partial charge in [0.15, 0.2) is 0 Å². The van der Waals surface area contributed by atoms with E-state index in [9.17, 15) is 0 Å². The second-order valence-electron chi connectivity index (χ2n) is 0.731. The van der Waals surface area contributed by atoms with Gasteiger partial charge in [0, 0.05) is 0 Å².